The third kappa shape index (κ3) is 5.47. The fourth-order valence-electron chi connectivity index (χ4n) is 3.74. The molecule has 1 aliphatic rings. The minimum absolute atomic E-state index is 0.205. The number of nitrogens with one attached hydrogen (secondary N) is 1. The van der Waals surface area contributed by atoms with Gasteiger partial charge in [0, 0.05) is 31.7 Å². The van der Waals surface area contributed by atoms with Gasteiger partial charge < -0.3 is 5.32 Å². The van der Waals surface area contributed by atoms with E-state index >= 15 is 0 Å². The summed E-state index contributed by atoms with van der Waals surface area (Å²) in [5.41, 5.74) is 2.77. The monoisotopic (exact) mass is 429 g/mol. The zero-order valence-corrected chi connectivity index (χ0v) is 18.6. The summed E-state index contributed by atoms with van der Waals surface area (Å²) in [5.74, 6) is -0.220. The molecule has 0 saturated carbocycles. The predicted octanol–water partition coefficient (Wildman–Crippen LogP) is 3.24. The Balaban J connectivity index is 1.55. The van der Waals surface area contributed by atoms with E-state index in [1.165, 1.54) is 47.9 Å². The maximum Gasteiger partial charge on any atom is 0.251 e. The summed E-state index contributed by atoms with van der Waals surface area (Å²) < 4.78 is 26.5. The molecule has 0 aliphatic carbocycles. The standard InChI is InChI=1S/C23H31N3O3S/c1-3-26(4-2)30(28,29)22-13-11-21(12-14-22)23(27)24-17-19-7-9-20(10-8-19)18-25-15-5-6-16-25/h7-14H,3-6,15-18H2,1-2H3,(H,24,27). The van der Waals surface area contributed by atoms with Crippen molar-refractivity contribution in [3.63, 3.8) is 0 Å². The van der Waals surface area contributed by atoms with Gasteiger partial charge in [-0.25, -0.2) is 8.42 Å². The lowest BCUT2D eigenvalue weighted by molar-refractivity contribution is 0.0951. The predicted molar refractivity (Wildman–Crippen MR) is 119 cm³/mol. The Morgan fingerprint density at radius 3 is 2.07 bits per heavy atom. The molecule has 1 fully saturated rings. The van der Waals surface area contributed by atoms with Gasteiger partial charge in [-0.05, 0) is 61.3 Å². The van der Waals surface area contributed by atoms with Crippen LogP contribution in [0.4, 0.5) is 0 Å². The summed E-state index contributed by atoms with van der Waals surface area (Å²) >= 11 is 0. The highest BCUT2D eigenvalue weighted by Crippen LogP contribution is 2.17. The molecule has 0 atom stereocenters. The first kappa shape index (κ1) is 22.5. The molecule has 0 aromatic heterocycles. The van der Waals surface area contributed by atoms with Gasteiger partial charge in [-0.15, -0.1) is 0 Å². The molecule has 7 heteroatoms. The number of hydrogen-bond donors (Lipinski definition) is 1. The number of carbonyl (C=O) groups is 1. The molecule has 2 aromatic rings. The van der Waals surface area contributed by atoms with Crippen molar-refractivity contribution in [2.24, 2.45) is 0 Å². The molecular formula is C23H31N3O3S. The Kier molecular flexibility index (Phi) is 7.64. The van der Waals surface area contributed by atoms with Crippen LogP contribution in [0, 0.1) is 0 Å². The largest absolute Gasteiger partial charge is 0.348 e. The van der Waals surface area contributed by atoms with Gasteiger partial charge in [0.2, 0.25) is 10.0 Å². The number of carbonyl (C=O) groups excluding carboxylic acids is 1. The Labute approximate surface area is 179 Å². The minimum atomic E-state index is -3.51. The first-order valence-electron chi connectivity index (χ1n) is 10.6. The second-order valence-corrected chi connectivity index (χ2v) is 9.53. The van der Waals surface area contributed by atoms with Crippen LogP contribution in [0.2, 0.25) is 0 Å². The van der Waals surface area contributed by atoms with E-state index < -0.39 is 10.0 Å². The van der Waals surface area contributed by atoms with Crippen molar-refractivity contribution < 1.29 is 13.2 Å². The Morgan fingerprint density at radius 2 is 1.50 bits per heavy atom. The molecule has 1 heterocycles. The van der Waals surface area contributed by atoms with Crippen LogP contribution in [0.1, 0.15) is 48.2 Å². The smallest absolute Gasteiger partial charge is 0.251 e. The summed E-state index contributed by atoms with van der Waals surface area (Å²) in [6, 6.07) is 14.4. The molecule has 0 radical (unpaired) electrons. The van der Waals surface area contributed by atoms with Gasteiger partial charge >= 0.3 is 0 Å². The first-order valence-corrected chi connectivity index (χ1v) is 12.1. The van der Waals surface area contributed by atoms with Crippen molar-refractivity contribution in [1.29, 1.82) is 0 Å². The molecule has 1 saturated heterocycles. The lowest BCUT2D eigenvalue weighted by Gasteiger charge is -2.18. The SMILES string of the molecule is CCN(CC)S(=O)(=O)c1ccc(C(=O)NCc2ccc(CN3CCCC3)cc2)cc1. The van der Waals surface area contributed by atoms with Crippen LogP contribution in [0.3, 0.4) is 0 Å². The molecule has 0 bridgehead atoms. The average molecular weight is 430 g/mol. The highest BCUT2D eigenvalue weighted by molar-refractivity contribution is 7.89. The summed E-state index contributed by atoms with van der Waals surface area (Å²) in [6.07, 6.45) is 2.57. The van der Waals surface area contributed by atoms with Crippen LogP contribution >= 0.6 is 0 Å². The molecule has 6 nitrogen and oxygen atoms in total. The lowest BCUT2D eigenvalue weighted by atomic mass is 10.1. The van der Waals surface area contributed by atoms with E-state index in [1.54, 1.807) is 12.1 Å². The molecule has 30 heavy (non-hydrogen) atoms. The number of nitrogens with zero attached hydrogens (tertiary/aromatic N) is 2. The maximum atomic E-state index is 12.5. The van der Waals surface area contributed by atoms with Crippen LogP contribution in [0.15, 0.2) is 53.4 Å². The van der Waals surface area contributed by atoms with Gasteiger partial charge in [-0.1, -0.05) is 38.1 Å². The molecule has 3 rings (SSSR count). The molecule has 0 unspecified atom stereocenters. The van der Waals surface area contributed by atoms with E-state index in [9.17, 15) is 13.2 Å². The summed E-state index contributed by atoms with van der Waals surface area (Å²) in [6.45, 7) is 8.21. The van der Waals surface area contributed by atoms with Crippen molar-refractivity contribution in [2.75, 3.05) is 26.2 Å². The van der Waals surface area contributed by atoms with Gasteiger partial charge in [0.15, 0.2) is 0 Å². The third-order valence-corrected chi connectivity index (χ3v) is 7.60. The van der Waals surface area contributed by atoms with Crippen molar-refractivity contribution >= 4 is 15.9 Å². The fraction of sp³-hybridized carbons (Fsp3) is 0.435. The maximum absolute atomic E-state index is 12.5. The number of hydrogen-bond acceptors (Lipinski definition) is 4. The van der Waals surface area contributed by atoms with Gasteiger partial charge in [-0.2, -0.15) is 4.31 Å². The molecule has 1 N–H and O–H groups in total. The van der Waals surface area contributed by atoms with Gasteiger partial charge in [-0.3, -0.25) is 9.69 Å². The van der Waals surface area contributed by atoms with Crippen molar-refractivity contribution in [2.45, 2.75) is 44.7 Å². The average Bonchev–Trinajstić information content (AvgIpc) is 3.27. The van der Waals surface area contributed by atoms with E-state index in [2.05, 4.69) is 22.3 Å². The fourth-order valence-corrected chi connectivity index (χ4v) is 5.19. The topological polar surface area (TPSA) is 69.7 Å². The van der Waals surface area contributed by atoms with E-state index in [0.717, 1.165) is 12.1 Å². The Bertz CT molecular complexity index is 931. The number of sulfonamides is 1. The second-order valence-electron chi connectivity index (χ2n) is 7.60. The number of likely N-dealkylation sites (tertiary alicyclic amines) is 1. The summed E-state index contributed by atoms with van der Waals surface area (Å²) in [5, 5.41) is 2.90. The normalized spacial score (nSPS) is 14.9. The zero-order chi connectivity index (χ0) is 21.6. The van der Waals surface area contributed by atoms with Crippen LogP contribution in [0.25, 0.3) is 0 Å². The number of rotatable bonds is 9. The highest BCUT2D eigenvalue weighted by Gasteiger charge is 2.21. The van der Waals surface area contributed by atoms with Crippen molar-refractivity contribution in [1.82, 2.24) is 14.5 Å². The molecule has 162 valence electrons. The number of amides is 1. The summed E-state index contributed by atoms with van der Waals surface area (Å²) in [7, 11) is -3.51. The van der Waals surface area contributed by atoms with E-state index in [-0.39, 0.29) is 10.8 Å². The Hall–Kier alpha value is -2.22. The Morgan fingerprint density at radius 1 is 0.933 bits per heavy atom. The lowest BCUT2D eigenvalue weighted by Crippen LogP contribution is -2.30. The van der Waals surface area contributed by atoms with Crippen LogP contribution in [-0.4, -0.2) is 49.7 Å². The molecule has 0 spiro atoms. The number of benzene rings is 2. The van der Waals surface area contributed by atoms with E-state index in [0.29, 0.717) is 25.2 Å². The van der Waals surface area contributed by atoms with Crippen LogP contribution in [-0.2, 0) is 23.1 Å². The van der Waals surface area contributed by atoms with Crippen molar-refractivity contribution in [3.8, 4) is 0 Å². The van der Waals surface area contributed by atoms with Gasteiger partial charge in [0.25, 0.3) is 5.91 Å². The van der Waals surface area contributed by atoms with Crippen LogP contribution < -0.4 is 5.32 Å². The molecule has 2 aromatic carbocycles. The second kappa shape index (κ2) is 10.2. The van der Waals surface area contributed by atoms with E-state index in [4.69, 9.17) is 0 Å². The van der Waals surface area contributed by atoms with Gasteiger partial charge in [0.1, 0.15) is 0 Å². The highest BCUT2D eigenvalue weighted by atomic mass is 32.2. The minimum Gasteiger partial charge on any atom is -0.348 e. The van der Waals surface area contributed by atoms with Crippen molar-refractivity contribution in [3.05, 3.63) is 65.2 Å². The summed E-state index contributed by atoms with van der Waals surface area (Å²) in [4.78, 5) is 15.1. The van der Waals surface area contributed by atoms with Crippen LogP contribution in [0.5, 0.6) is 0 Å². The molecular weight excluding hydrogens is 398 g/mol. The quantitative estimate of drug-likeness (QED) is 0.664. The van der Waals surface area contributed by atoms with Gasteiger partial charge in [0.05, 0.1) is 4.90 Å². The zero-order valence-electron chi connectivity index (χ0n) is 17.8. The molecule has 1 amide bonds. The first-order chi connectivity index (χ1) is 14.4. The third-order valence-electron chi connectivity index (χ3n) is 5.54. The van der Waals surface area contributed by atoms with E-state index in [1.807, 2.05) is 26.0 Å². The molecule has 1 aliphatic heterocycles.